The zero-order valence-electron chi connectivity index (χ0n) is 7.10. The molecule has 0 amide bonds. The molecule has 0 fully saturated rings. The summed E-state index contributed by atoms with van der Waals surface area (Å²) in [7, 11) is 1.19. The molecule has 13 heavy (non-hydrogen) atoms. The Bertz CT molecular complexity index is 354. The van der Waals surface area contributed by atoms with E-state index < -0.39 is 11.8 Å². The SMILES string of the molecule is COC(=O)c1cc(F)c(C)nc1Cl. The summed E-state index contributed by atoms with van der Waals surface area (Å²) in [4.78, 5) is 14.6. The van der Waals surface area contributed by atoms with E-state index in [1.807, 2.05) is 0 Å². The Kier molecular flexibility index (Phi) is 2.83. The average molecular weight is 204 g/mol. The van der Waals surface area contributed by atoms with Crippen molar-refractivity contribution in [3.05, 3.63) is 28.3 Å². The Morgan fingerprint density at radius 2 is 2.31 bits per heavy atom. The van der Waals surface area contributed by atoms with Gasteiger partial charge >= 0.3 is 5.97 Å². The van der Waals surface area contributed by atoms with E-state index in [1.54, 1.807) is 0 Å². The predicted octanol–water partition coefficient (Wildman–Crippen LogP) is 1.97. The van der Waals surface area contributed by atoms with Crippen LogP contribution in [-0.4, -0.2) is 18.1 Å². The van der Waals surface area contributed by atoms with Gasteiger partial charge in [-0.2, -0.15) is 0 Å². The summed E-state index contributed by atoms with van der Waals surface area (Å²) in [5.74, 6) is -1.28. The van der Waals surface area contributed by atoms with Crippen molar-refractivity contribution in [3.8, 4) is 0 Å². The van der Waals surface area contributed by atoms with E-state index in [4.69, 9.17) is 11.6 Å². The minimum atomic E-state index is -0.698. The van der Waals surface area contributed by atoms with Crippen LogP contribution >= 0.6 is 11.6 Å². The van der Waals surface area contributed by atoms with E-state index in [-0.39, 0.29) is 16.4 Å². The molecule has 1 heterocycles. The lowest BCUT2D eigenvalue weighted by molar-refractivity contribution is 0.0600. The van der Waals surface area contributed by atoms with Crippen molar-refractivity contribution in [2.24, 2.45) is 0 Å². The molecule has 0 saturated heterocycles. The van der Waals surface area contributed by atoms with Crippen molar-refractivity contribution < 1.29 is 13.9 Å². The number of ether oxygens (including phenoxy) is 1. The van der Waals surface area contributed by atoms with Crippen molar-refractivity contribution in [1.29, 1.82) is 0 Å². The Morgan fingerprint density at radius 1 is 1.69 bits per heavy atom. The number of halogens is 2. The molecule has 0 aliphatic heterocycles. The van der Waals surface area contributed by atoms with Crippen LogP contribution in [0.25, 0.3) is 0 Å². The van der Waals surface area contributed by atoms with Gasteiger partial charge in [-0.25, -0.2) is 14.2 Å². The van der Waals surface area contributed by atoms with E-state index in [0.29, 0.717) is 0 Å². The van der Waals surface area contributed by atoms with Gasteiger partial charge < -0.3 is 4.74 Å². The lowest BCUT2D eigenvalue weighted by Gasteiger charge is -2.02. The smallest absolute Gasteiger partial charge is 0.341 e. The highest BCUT2D eigenvalue weighted by Crippen LogP contribution is 2.17. The van der Waals surface area contributed by atoms with E-state index in [2.05, 4.69) is 9.72 Å². The third-order valence-corrected chi connectivity index (χ3v) is 1.80. The third kappa shape index (κ3) is 1.95. The van der Waals surface area contributed by atoms with Crippen LogP contribution in [0.1, 0.15) is 16.1 Å². The van der Waals surface area contributed by atoms with Crippen LogP contribution in [0.15, 0.2) is 6.07 Å². The fraction of sp³-hybridized carbons (Fsp3) is 0.250. The number of carbonyl (C=O) groups is 1. The number of rotatable bonds is 1. The van der Waals surface area contributed by atoms with E-state index >= 15 is 0 Å². The number of aromatic nitrogens is 1. The number of pyridine rings is 1. The number of esters is 1. The van der Waals surface area contributed by atoms with Gasteiger partial charge in [-0.05, 0) is 13.0 Å². The summed E-state index contributed by atoms with van der Waals surface area (Å²) >= 11 is 5.60. The summed E-state index contributed by atoms with van der Waals surface area (Å²) in [5.41, 5.74) is 0.0879. The third-order valence-electron chi connectivity index (χ3n) is 1.51. The first-order valence-corrected chi connectivity index (χ1v) is 3.85. The van der Waals surface area contributed by atoms with Crippen LogP contribution in [0, 0.1) is 12.7 Å². The molecule has 3 nitrogen and oxygen atoms in total. The number of hydrogen-bond acceptors (Lipinski definition) is 3. The minimum Gasteiger partial charge on any atom is -0.465 e. The van der Waals surface area contributed by atoms with Crippen LogP contribution < -0.4 is 0 Å². The van der Waals surface area contributed by atoms with Gasteiger partial charge in [-0.3, -0.25) is 0 Å². The van der Waals surface area contributed by atoms with Gasteiger partial charge in [0, 0.05) is 0 Å². The van der Waals surface area contributed by atoms with Gasteiger partial charge in [0.2, 0.25) is 0 Å². The fourth-order valence-corrected chi connectivity index (χ4v) is 1.06. The highest BCUT2D eigenvalue weighted by atomic mass is 35.5. The summed E-state index contributed by atoms with van der Waals surface area (Å²) in [5, 5.41) is -0.0502. The quantitative estimate of drug-likeness (QED) is 0.518. The van der Waals surface area contributed by atoms with Gasteiger partial charge in [0.15, 0.2) is 0 Å². The topological polar surface area (TPSA) is 39.2 Å². The zero-order chi connectivity index (χ0) is 10.0. The lowest BCUT2D eigenvalue weighted by Crippen LogP contribution is -2.05. The number of aryl methyl sites for hydroxylation is 1. The van der Waals surface area contributed by atoms with Crippen molar-refractivity contribution in [2.75, 3.05) is 7.11 Å². The van der Waals surface area contributed by atoms with Crippen LogP contribution in [0.2, 0.25) is 5.15 Å². The highest BCUT2D eigenvalue weighted by molar-refractivity contribution is 6.32. The van der Waals surface area contributed by atoms with E-state index in [0.717, 1.165) is 6.07 Å². The largest absolute Gasteiger partial charge is 0.465 e. The Labute approximate surface area is 79.5 Å². The molecular formula is C8H7ClFNO2. The van der Waals surface area contributed by atoms with Crippen molar-refractivity contribution in [3.63, 3.8) is 0 Å². The second-order valence-corrected chi connectivity index (χ2v) is 2.74. The molecule has 0 N–H and O–H groups in total. The molecule has 0 radical (unpaired) electrons. The molecule has 0 atom stereocenters. The molecule has 1 aromatic rings. The zero-order valence-corrected chi connectivity index (χ0v) is 7.85. The fourth-order valence-electron chi connectivity index (χ4n) is 0.805. The summed E-state index contributed by atoms with van der Waals surface area (Å²) in [6.45, 7) is 1.46. The van der Waals surface area contributed by atoms with Crippen LogP contribution in [0.3, 0.4) is 0 Å². The standard InChI is InChI=1S/C8H7ClFNO2/c1-4-6(10)3-5(7(9)11-4)8(12)13-2/h3H,1-2H3. The average Bonchev–Trinajstić information content (AvgIpc) is 2.10. The second-order valence-electron chi connectivity index (χ2n) is 2.39. The normalized spacial score (nSPS) is 9.85. The van der Waals surface area contributed by atoms with Crippen molar-refractivity contribution in [1.82, 2.24) is 4.98 Å². The minimum absolute atomic E-state index is 0.0502. The van der Waals surface area contributed by atoms with Crippen LogP contribution in [0.4, 0.5) is 4.39 Å². The van der Waals surface area contributed by atoms with E-state index in [1.165, 1.54) is 14.0 Å². The first kappa shape index (κ1) is 9.92. The summed E-state index contributed by atoms with van der Waals surface area (Å²) in [6, 6.07) is 1.01. The molecule has 70 valence electrons. The number of hydrogen-bond donors (Lipinski definition) is 0. The lowest BCUT2D eigenvalue weighted by atomic mass is 10.2. The molecule has 0 aromatic carbocycles. The summed E-state index contributed by atoms with van der Waals surface area (Å²) in [6.07, 6.45) is 0. The molecule has 0 spiro atoms. The molecular weight excluding hydrogens is 197 g/mol. The maximum absolute atomic E-state index is 12.9. The van der Waals surface area contributed by atoms with Gasteiger partial charge in [0.25, 0.3) is 0 Å². The molecule has 1 aromatic heterocycles. The predicted molar refractivity (Wildman–Crippen MR) is 45.3 cm³/mol. The van der Waals surface area contributed by atoms with Gasteiger partial charge in [0.1, 0.15) is 11.0 Å². The number of nitrogens with zero attached hydrogens (tertiary/aromatic N) is 1. The molecule has 0 aliphatic carbocycles. The molecule has 0 unspecified atom stereocenters. The van der Waals surface area contributed by atoms with Gasteiger partial charge in [-0.1, -0.05) is 11.6 Å². The Balaban J connectivity index is 3.23. The maximum Gasteiger partial charge on any atom is 0.341 e. The summed E-state index contributed by atoms with van der Waals surface area (Å²) < 4.78 is 17.3. The molecule has 0 bridgehead atoms. The monoisotopic (exact) mass is 203 g/mol. The van der Waals surface area contributed by atoms with Crippen LogP contribution in [0.5, 0.6) is 0 Å². The van der Waals surface area contributed by atoms with Gasteiger partial charge in [-0.15, -0.1) is 0 Å². The molecule has 1 rings (SSSR count). The first-order valence-electron chi connectivity index (χ1n) is 3.47. The molecule has 0 saturated carbocycles. The second kappa shape index (κ2) is 3.70. The van der Waals surface area contributed by atoms with Crippen molar-refractivity contribution in [2.45, 2.75) is 6.92 Å². The van der Waals surface area contributed by atoms with Gasteiger partial charge in [0.05, 0.1) is 18.4 Å². The van der Waals surface area contributed by atoms with Crippen molar-refractivity contribution >= 4 is 17.6 Å². The van der Waals surface area contributed by atoms with E-state index in [9.17, 15) is 9.18 Å². The molecule has 0 aliphatic rings. The highest BCUT2D eigenvalue weighted by Gasteiger charge is 2.14. The molecule has 5 heteroatoms. The first-order chi connectivity index (χ1) is 6.06. The Morgan fingerprint density at radius 3 is 2.85 bits per heavy atom. The number of methoxy groups -OCH3 is 1. The number of carbonyl (C=O) groups excluding carboxylic acids is 1. The Hall–Kier alpha value is -1.16. The maximum atomic E-state index is 12.9. The van der Waals surface area contributed by atoms with Crippen LogP contribution in [-0.2, 0) is 4.74 Å².